The lowest BCUT2D eigenvalue weighted by atomic mass is 9.95. The topological polar surface area (TPSA) is 35.2 Å². The van der Waals surface area contributed by atoms with Gasteiger partial charge in [0, 0.05) is 15.0 Å². The van der Waals surface area contributed by atoms with Crippen LogP contribution < -0.4 is 10.5 Å². The van der Waals surface area contributed by atoms with Crippen LogP contribution in [0.1, 0.15) is 36.6 Å². The minimum atomic E-state index is -0.176. The van der Waals surface area contributed by atoms with Crippen molar-refractivity contribution >= 4 is 34.2 Å². The third-order valence-electron chi connectivity index (χ3n) is 3.74. The van der Waals surface area contributed by atoms with Crippen molar-refractivity contribution in [3.8, 4) is 5.75 Å². The average molecular weight is 414 g/mol. The molecule has 1 unspecified atom stereocenters. The van der Waals surface area contributed by atoms with E-state index in [0.717, 1.165) is 26.9 Å². The van der Waals surface area contributed by atoms with Crippen LogP contribution in [0.5, 0.6) is 5.75 Å². The Labute approximate surface area is 143 Å². The molecule has 2 N–H and O–H groups in total. The molecule has 2 nitrogen and oxygen atoms in total. The van der Waals surface area contributed by atoms with Crippen LogP contribution in [0.15, 0.2) is 36.4 Å². The molecule has 0 saturated carbocycles. The second-order valence-corrected chi connectivity index (χ2v) is 7.65. The monoisotopic (exact) mass is 413 g/mol. The molecule has 0 fully saturated rings. The Kier molecular flexibility index (Phi) is 3.93. The van der Waals surface area contributed by atoms with E-state index in [2.05, 4.69) is 42.5 Å². The first-order chi connectivity index (χ1) is 9.85. The van der Waals surface area contributed by atoms with Gasteiger partial charge >= 0.3 is 0 Å². The van der Waals surface area contributed by atoms with Gasteiger partial charge in [-0.3, -0.25) is 0 Å². The molecule has 110 valence electrons. The van der Waals surface area contributed by atoms with Gasteiger partial charge in [0.2, 0.25) is 0 Å². The summed E-state index contributed by atoms with van der Waals surface area (Å²) in [5.74, 6) is 0.969. The van der Waals surface area contributed by atoms with Crippen molar-refractivity contribution < 1.29 is 4.74 Å². The van der Waals surface area contributed by atoms with E-state index in [0.29, 0.717) is 5.02 Å². The van der Waals surface area contributed by atoms with Crippen LogP contribution in [0.3, 0.4) is 0 Å². The first kappa shape index (κ1) is 15.1. The molecule has 0 radical (unpaired) electrons. The summed E-state index contributed by atoms with van der Waals surface area (Å²) >= 11 is 8.40. The van der Waals surface area contributed by atoms with E-state index in [1.165, 1.54) is 5.56 Å². The normalized spacial score (nSPS) is 17.2. The van der Waals surface area contributed by atoms with Gasteiger partial charge in [0.05, 0.1) is 6.04 Å². The quantitative estimate of drug-likeness (QED) is 0.724. The number of ether oxygens (including phenoxy) is 1. The predicted molar refractivity (Wildman–Crippen MR) is 95.1 cm³/mol. The van der Waals surface area contributed by atoms with Crippen molar-refractivity contribution in [3.05, 3.63) is 61.7 Å². The van der Waals surface area contributed by atoms with Crippen LogP contribution in [0.2, 0.25) is 5.02 Å². The van der Waals surface area contributed by atoms with Crippen LogP contribution >= 0.6 is 34.2 Å². The highest BCUT2D eigenvalue weighted by Crippen LogP contribution is 2.37. The van der Waals surface area contributed by atoms with E-state index in [4.69, 9.17) is 22.1 Å². The Balaban J connectivity index is 1.97. The van der Waals surface area contributed by atoms with E-state index in [-0.39, 0.29) is 11.6 Å². The summed E-state index contributed by atoms with van der Waals surface area (Å²) in [5, 5.41) is 0.714. The third kappa shape index (κ3) is 3.05. The van der Waals surface area contributed by atoms with Gasteiger partial charge < -0.3 is 10.5 Å². The average Bonchev–Trinajstić information content (AvgIpc) is 2.73. The number of rotatable bonds is 2. The van der Waals surface area contributed by atoms with Gasteiger partial charge in [0.25, 0.3) is 0 Å². The molecule has 2 aromatic carbocycles. The number of fused-ring (bicyclic) bond motifs is 1. The maximum atomic E-state index is 6.44. The van der Waals surface area contributed by atoms with Crippen molar-refractivity contribution in [1.29, 1.82) is 0 Å². The van der Waals surface area contributed by atoms with E-state index in [1.807, 2.05) is 30.3 Å². The summed E-state index contributed by atoms with van der Waals surface area (Å²) in [5.41, 5.74) is 9.69. The molecule has 1 heterocycles. The fraction of sp³-hybridized carbons (Fsp3) is 0.294. The lowest BCUT2D eigenvalue weighted by Crippen LogP contribution is -2.24. The largest absolute Gasteiger partial charge is 0.487 e. The minimum Gasteiger partial charge on any atom is -0.487 e. The lowest BCUT2D eigenvalue weighted by molar-refractivity contribution is 0.138. The Morgan fingerprint density at radius 1 is 1.24 bits per heavy atom. The predicted octanol–water partition coefficient (Wildman–Crippen LogP) is 4.71. The van der Waals surface area contributed by atoms with E-state index in [9.17, 15) is 0 Å². The molecule has 4 heteroatoms. The van der Waals surface area contributed by atoms with Crippen molar-refractivity contribution in [2.45, 2.75) is 31.9 Å². The van der Waals surface area contributed by atoms with Crippen LogP contribution in [-0.4, -0.2) is 5.60 Å². The number of benzene rings is 2. The van der Waals surface area contributed by atoms with Crippen molar-refractivity contribution in [2.24, 2.45) is 5.73 Å². The molecule has 0 aliphatic carbocycles. The zero-order chi connectivity index (χ0) is 15.2. The first-order valence-corrected chi connectivity index (χ1v) is 8.34. The molecule has 1 aliphatic rings. The van der Waals surface area contributed by atoms with Crippen molar-refractivity contribution in [1.82, 2.24) is 0 Å². The highest BCUT2D eigenvalue weighted by molar-refractivity contribution is 14.1. The summed E-state index contributed by atoms with van der Waals surface area (Å²) in [6.07, 6.45) is 0.912. The van der Waals surface area contributed by atoms with E-state index < -0.39 is 0 Å². The zero-order valence-corrected chi connectivity index (χ0v) is 14.9. The molecule has 0 spiro atoms. The van der Waals surface area contributed by atoms with Crippen LogP contribution in [0, 0.1) is 3.57 Å². The maximum Gasteiger partial charge on any atom is 0.123 e. The van der Waals surface area contributed by atoms with Crippen LogP contribution in [0.25, 0.3) is 0 Å². The molecule has 1 atom stereocenters. The fourth-order valence-electron chi connectivity index (χ4n) is 2.76. The van der Waals surface area contributed by atoms with Gasteiger partial charge in [-0.2, -0.15) is 0 Å². The summed E-state index contributed by atoms with van der Waals surface area (Å²) in [6.45, 7) is 4.21. The SMILES string of the molecule is CC1(C)Cc2cc(C(N)c3cc(Cl)ccc3I)ccc2O1. The van der Waals surface area contributed by atoms with Gasteiger partial charge in [0.15, 0.2) is 0 Å². The molecular formula is C17H17ClINO. The smallest absolute Gasteiger partial charge is 0.123 e. The van der Waals surface area contributed by atoms with Gasteiger partial charge in [-0.25, -0.2) is 0 Å². The Morgan fingerprint density at radius 2 is 2.00 bits per heavy atom. The number of nitrogens with two attached hydrogens (primary N) is 1. The summed E-state index contributed by atoms with van der Waals surface area (Å²) < 4.78 is 7.04. The van der Waals surface area contributed by atoms with Crippen LogP contribution in [-0.2, 0) is 6.42 Å². The minimum absolute atomic E-state index is 0.129. The molecular weight excluding hydrogens is 397 g/mol. The zero-order valence-electron chi connectivity index (χ0n) is 12.0. The van der Waals surface area contributed by atoms with E-state index >= 15 is 0 Å². The lowest BCUT2D eigenvalue weighted by Gasteiger charge is -2.16. The fourth-order valence-corrected chi connectivity index (χ4v) is 3.61. The van der Waals surface area contributed by atoms with Gasteiger partial charge in [-0.15, -0.1) is 0 Å². The summed E-state index contributed by atoms with van der Waals surface area (Å²) in [4.78, 5) is 0. The Hall–Kier alpha value is -0.780. The van der Waals surface area contributed by atoms with Crippen molar-refractivity contribution in [3.63, 3.8) is 0 Å². The van der Waals surface area contributed by atoms with Crippen molar-refractivity contribution in [2.75, 3.05) is 0 Å². The standard InChI is InChI=1S/C17H17ClINO/c1-17(2)9-11-7-10(3-6-15(11)21-17)16(20)13-8-12(18)4-5-14(13)19/h3-8,16H,9,20H2,1-2H3. The molecule has 0 amide bonds. The Bertz CT molecular complexity index is 699. The molecule has 0 aromatic heterocycles. The van der Waals surface area contributed by atoms with Gasteiger partial charge in [-0.1, -0.05) is 23.7 Å². The van der Waals surface area contributed by atoms with Gasteiger partial charge in [0.1, 0.15) is 11.4 Å². The molecule has 0 saturated heterocycles. The molecule has 1 aliphatic heterocycles. The number of halogens is 2. The first-order valence-electron chi connectivity index (χ1n) is 6.88. The molecule has 3 rings (SSSR count). The number of hydrogen-bond donors (Lipinski definition) is 1. The maximum absolute atomic E-state index is 6.44. The number of hydrogen-bond acceptors (Lipinski definition) is 2. The summed E-state index contributed by atoms with van der Waals surface area (Å²) in [6, 6.07) is 11.9. The Morgan fingerprint density at radius 3 is 2.76 bits per heavy atom. The second-order valence-electron chi connectivity index (χ2n) is 6.05. The third-order valence-corrected chi connectivity index (χ3v) is 4.96. The van der Waals surface area contributed by atoms with E-state index in [1.54, 1.807) is 0 Å². The molecule has 21 heavy (non-hydrogen) atoms. The highest BCUT2D eigenvalue weighted by Gasteiger charge is 2.30. The van der Waals surface area contributed by atoms with Gasteiger partial charge in [-0.05, 0) is 77.4 Å². The molecule has 0 bridgehead atoms. The molecule has 2 aromatic rings. The van der Waals surface area contributed by atoms with Crippen LogP contribution in [0.4, 0.5) is 0 Å². The second kappa shape index (κ2) is 5.45. The highest BCUT2D eigenvalue weighted by atomic mass is 127. The summed E-state index contributed by atoms with van der Waals surface area (Å²) in [7, 11) is 0.